The van der Waals surface area contributed by atoms with Gasteiger partial charge in [0.2, 0.25) is 5.91 Å². The van der Waals surface area contributed by atoms with Crippen molar-refractivity contribution in [3.05, 3.63) is 42.1 Å². The van der Waals surface area contributed by atoms with Crippen molar-refractivity contribution in [1.29, 1.82) is 0 Å². The van der Waals surface area contributed by atoms with E-state index in [9.17, 15) is 4.79 Å². The van der Waals surface area contributed by atoms with Gasteiger partial charge in [0.15, 0.2) is 0 Å². The molecule has 0 atom stereocenters. The largest absolute Gasteiger partial charge is 0.356 e. The zero-order valence-electron chi connectivity index (χ0n) is 10.8. The Bertz CT molecular complexity index is 544. The lowest BCUT2D eigenvalue weighted by Crippen LogP contribution is -2.29. The Morgan fingerprint density at radius 1 is 1.28 bits per heavy atom. The quantitative estimate of drug-likeness (QED) is 0.895. The second-order valence-electron chi connectivity index (χ2n) is 4.69. The first-order valence-corrected chi connectivity index (χ1v) is 6.29. The first kappa shape index (κ1) is 12.6. The highest BCUT2D eigenvalue weighted by atomic mass is 16.1. The Kier molecular flexibility index (Phi) is 3.92. The van der Waals surface area contributed by atoms with Crippen LogP contribution in [0.2, 0.25) is 0 Å². The molecule has 94 valence electrons. The van der Waals surface area contributed by atoms with Crippen LogP contribution in [0.3, 0.4) is 0 Å². The summed E-state index contributed by atoms with van der Waals surface area (Å²) in [6.45, 7) is 4.45. The molecule has 0 aliphatic heterocycles. The molecule has 3 heteroatoms. The predicted octanol–water partition coefficient (Wildman–Crippen LogP) is 2.55. The number of pyridine rings is 1. The highest BCUT2D eigenvalue weighted by Gasteiger charge is 2.06. The predicted molar refractivity (Wildman–Crippen MR) is 73.3 cm³/mol. The molecule has 2 aromatic rings. The van der Waals surface area contributed by atoms with Gasteiger partial charge in [0.05, 0.1) is 5.52 Å². The topological polar surface area (TPSA) is 42.0 Å². The summed E-state index contributed by atoms with van der Waals surface area (Å²) in [5.41, 5.74) is 2.20. The number of hydrogen-bond donors (Lipinski definition) is 1. The SMILES string of the molecule is CC(C)C(=O)NCCc1cccc2cccnc12. The van der Waals surface area contributed by atoms with E-state index < -0.39 is 0 Å². The third kappa shape index (κ3) is 2.86. The molecular weight excluding hydrogens is 224 g/mol. The molecule has 1 heterocycles. The van der Waals surface area contributed by atoms with E-state index in [0.717, 1.165) is 17.3 Å². The first-order valence-electron chi connectivity index (χ1n) is 6.29. The van der Waals surface area contributed by atoms with Crippen molar-refractivity contribution in [2.24, 2.45) is 5.92 Å². The van der Waals surface area contributed by atoms with E-state index in [1.165, 1.54) is 5.56 Å². The van der Waals surface area contributed by atoms with Gasteiger partial charge in [-0.1, -0.05) is 38.1 Å². The maximum atomic E-state index is 11.5. The lowest BCUT2D eigenvalue weighted by molar-refractivity contribution is -0.123. The van der Waals surface area contributed by atoms with E-state index in [-0.39, 0.29) is 11.8 Å². The molecule has 1 N–H and O–H groups in total. The minimum Gasteiger partial charge on any atom is -0.356 e. The molecule has 0 radical (unpaired) electrons. The summed E-state index contributed by atoms with van der Waals surface area (Å²) in [6, 6.07) is 10.1. The summed E-state index contributed by atoms with van der Waals surface area (Å²) in [5, 5.41) is 4.07. The first-order chi connectivity index (χ1) is 8.68. The Balaban J connectivity index is 2.06. The number of para-hydroxylation sites is 1. The summed E-state index contributed by atoms with van der Waals surface area (Å²) in [4.78, 5) is 15.9. The molecule has 1 amide bonds. The van der Waals surface area contributed by atoms with Crippen LogP contribution in [0.15, 0.2) is 36.5 Å². The fraction of sp³-hybridized carbons (Fsp3) is 0.333. The summed E-state index contributed by atoms with van der Waals surface area (Å²) in [7, 11) is 0. The second-order valence-corrected chi connectivity index (χ2v) is 4.69. The van der Waals surface area contributed by atoms with Crippen molar-refractivity contribution in [2.75, 3.05) is 6.54 Å². The monoisotopic (exact) mass is 242 g/mol. The fourth-order valence-electron chi connectivity index (χ4n) is 1.89. The van der Waals surface area contributed by atoms with E-state index in [1.54, 1.807) is 6.20 Å². The molecule has 0 saturated heterocycles. The van der Waals surface area contributed by atoms with Gasteiger partial charge in [0.1, 0.15) is 0 Å². The van der Waals surface area contributed by atoms with Crippen LogP contribution in [-0.4, -0.2) is 17.4 Å². The van der Waals surface area contributed by atoms with Crippen LogP contribution >= 0.6 is 0 Å². The van der Waals surface area contributed by atoms with Crippen LogP contribution in [0.4, 0.5) is 0 Å². The molecule has 0 aliphatic carbocycles. The van der Waals surface area contributed by atoms with E-state index in [4.69, 9.17) is 0 Å². The molecule has 18 heavy (non-hydrogen) atoms. The molecule has 0 spiro atoms. The minimum atomic E-state index is 0.0376. The third-order valence-corrected chi connectivity index (χ3v) is 2.93. The molecule has 3 nitrogen and oxygen atoms in total. The van der Waals surface area contributed by atoms with Gasteiger partial charge in [-0.15, -0.1) is 0 Å². The van der Waals surface area contributed by atoms with Crippen molar-refractivity contribution in [1.82, 2.24) is 10.3 Å². The Morgan fingerprint density at radius 3 is 2.83 bits per heavy atom. The molecule has 0 unspecified atom stereocenters. The average Bonchev–Trinajstić information content (AvgIpc) is 2.38. The van der Waals surface area contributed by atoms with Crippen LogP contribution in [-0.2, 0) is 11.2 Å². The van der Waals surface area contributed by atoms with E-state index in [2.05, 4.69) is 28.5 Å². The minimum absolute atomic E-state index is 0.0376. The third-order valence-electron chi connectivity index (χ3n) is 2.93. The van der Waals surface area contributed by atoms with Gasteiger partial charge < -0.3 is 5.32 Å². The van der Waals surface area contributed by atoms with Gasteiger partial charge >= 0.3 is 0 Å². The van der Waals surface area contributed by atoms with Crippen molar-refractivity contribution < 1.29 is 4.79 Å². The number of nitrogens with zero attached hydrogens (tertiary/aromatic N) is 1. The number of carbonyl (C=O) groups is 1. The summed E-state index contributed by atoms with van der Waals surface area (Å²) < 4.78 is 0. The number of aromatic nitrogens is 1. The summed E-state index contributed by atoms with van der Waals surface area (Å²) in [5.74, 6) is 0.138. The Hall–Kier alpha value is -1.90. The van der Waals surface area contributed by atoms with Gasteiger partial charge in [-0.2, -0.15) is 0 Å². The Morgan fingerprint density at radius 2 is 2.06 bits per heavy atom. The van der Waals surface area contributed by atoms with Gasteiger partial charge in [0.25, 0.3) is 0 Å². The number of benzene rings is 1. The number of fused-ring (bicyclic) bond motifs is 1. The van der Waals surface area contributed by atoms with Crippen LogP contribution in [0.1, 0.15) is 19.4 Å². The van der Waals surface area contributed by atoms with Crippen molar-refractivity contribution in [3.63, 3.8) is 0 Å². The summed E-state index contributed by atoms with van der Waals surface area (Å²) >= 11 is 0. The highest BCUT2D eigenvalue weighted by molar-refractivity contribution is 5.81. The van der Waals surface area contributed by atoms with E-state index in [0.29, 0.717) is 6.54 Å². The van der Waals surface area contributed by atoms with Gasteiger partial charge in [-0.05, 0) is 18.1 Å². The number of carbonyl (C=O) groups excluding carboxylic acids is 1. The molecule has 2 rings (SSSR count). The lowest BCUT2D eigenvalue weighted by Gasteiger charge is -2.09. The van der Waals surface area contributed by atoms with Gasteiger partial charge in [0, 0.05) is 24.0 Å². The second kappa shape index (κ2) is 5.63. The zero-order chi connectivity index (χ0) is 13.0. The van der Waals surface area contributed by atoms with Crippen LogP contribution in [0.25, 0.3) is 10.9 Å². The molecule has 0 aliphatic rings. The Labute approximate surface area is 107 Å². The molecular formula is C15H18N2O. The van der Waals surface area contributed by atoms with Gasteiger partial charge in [-0.3, -0.25) is 9.78 Å². The maximum absolute atomic E-state index is 11.5. The van der Waals surface area contributed by atoms with E-state index >= 15 is 0 Å². The number of amides is 1. The van der Waals surface area contributed by atoms with Crippen molar-refractivity contribution in [2.45, 2.75) is 20.3 Å². The molecule has 1 aromatic heterocycles. The fourth-order valence-corrected chi connectivity index (χ4v) is 1.89. The lowest BCUT2D eigenvalue weighted by atomic mass is 10.1. The van der Waals surface area contributed by atoms with Crippen LogP contribution < -0.4 is 5.32 Å². The van der Waals surface area contributed by atoms with Crippen molar-refractivity contribution >= 4 is 16.8 Å². The van der Waals surface area contributed by atoms with Crippen molar-refractivity contribution in [3.8, 4) is 0 Å². The van der Waals surface area contributed by atoms with Crippen LogP contribution in [0.5, 0.6) is 0 Å². The molecule has 0 bridgehead atoms. The maximum Gasteiger partial charge on any atom is 0.222 e. The normalized spacial score (nSPS) is 10.8. The highest BCUT2D eigenvalue weighted by Crippen LogP contribution is 2.15. The number of hydrogen-bond acceptors (Lipinski definition) is 2. The van der Waals surface area contributed by atoms with E-state index in [1.807, 2.05) is 26.0 Å². The van der Waals surface area contributed by atoms with Crippen LogP contribution in [0, 0.1) is 5.92 Å². The zero-order valence-corrected chi connectivity index (χ0v) is 10.8. The number of rotatable bonds is 4. The molecule has 0 saturated carbocycles. The standard InChI is InChI=1S/C15H18N2O/c1-11(2)15(18)17-10-8-13-6-3-5-12-7-4-9-16-14(12)13/h3-7,9,11H,8,10H2,1-2H3,(H,17,18). The average molecular weight is 242 g/mol. The number of nitrogens with one attached hydrogen (secondary N) is 1. The van der Waals surface area contributed by atoms with Gasteiger partial charge in [-0.25, -0.2) is 0 Å². The smallest absolute Gasteiger partial charge is 0.222 e. The molecule has 1 aromatic carbocycles. The molecule has 0 fully saturated rings. The summed E-state index contributed by atoms with van der Waals surface area (Å²) in [6.07, 6.45) is 2.62.